The van der Waals surface area contributed by atoms with Crippen LogP contribution in [0, 0.1) is 5.92 Å². The Morgan fingerprint density at radius 1 is 1.21 bits per heavy atom. The van der Waals surface area contributed by atoms with Gasteiger partial charge in [0.15, 0.2) is 5.13 Å². The summed E-state index contributed by atoms with van der Waals surface area (Å²) in [5.74, 6) is -0.168. The third-order valence-corrected chi connectivity index (χ3v) is 5.79. The van der Waals surface area contributed by atoms with E-state index in [1.165, 1.54) is 12.1 Å². The van der Waals surface area contributed by atoms with Crippen molar-refractivity contribution in [3.63, 3.8) is 0 Å². The molecule has 146 valence electrons. The van der Waals surface area contributed by atoms with Crippen LogP contribution in [0.5, 0.6) is 5.75 Å². The molecule has 1 aliphatic heterocycles. The number of alkyl halides is 2. The molecular formula is C20H19F2N3O2S. The average Bonchev–Trinajstić information content (AvgIpc) is 3.13. The largest absolute Gasteiger partial charge is 0.435 e. The van der Waals surface area contributed by atoms with Crippen LogP contribution in [0.3, 0.4) is 0 Å². The van der Waals surface area contributed by atoms with Crippen molar-refractivity contribution < 1.29 is 18.3 Å². The fraction of sp³-hybridized carbons (Fsp3) is 0.300. The molecule has 0 aliphatic carbocycles. The molecule has 8 heteroatoms. The predicted molar refractivity (Wildman–Crippen MR) is 106 cm³/mol. The number of fused-ring (bicyclic) bond motifs is 1. The van der Waals surface area contributed by atoms with Crippen molar-refractivity contribution in [2.75, 3.05) is 23.3 Å². The number of aromatic nitrogens is 1. The Labute approximate surface area is 164 Å². The third kappa shape index (κ3) is 4.22. The van der Waals surface area contributed by atoms with Crippen molar-refractivity contribution in [3.05, 3.63) is 48.5 Å². The molecule has 2 heterocycles. The molecule has 1 aliphatic rings. The Hall–Kier alpha value is -2.74. The molecule has 0 bridgehead atoms. The smallest absolute Gasteiger partial charge is 0.387 e. The van der Waals surface area contributed by atoms with Crippen molar-refractivity contribution in [2.24, 2.45) is 5.92 Å². The van der Waals surface area contributed by atoms with Gasteiger partial charge in [0.1, 0.15) is 5.75 Å². The fourth-order valence-electron chi connectivity index (χ4n) is 3.32. The number of hydrogen-bond donors (Lipinski definition) is 1. The van der Waals surface area contributed by atoms with E-state index in [1.54, 1.807) is 23.5 Å². The van der Waals surface area contributed by atoms with Crippen LogP contribution in [0.4, 0.5) is 19.6 Å². The van der Waals surface area contributed by atoms with Gasteiger partial charge in [-0.05, 0) is 49.2 Å². The van der Waals surface area contributed by atoms with E-state index in [1.807, 2.05) is 24.3 Å². The standard InChI is InChI=1S/C20H19F2N3O2S/c21-19(22)27-15-9-7-14(8-10-15)23-18(26)13-4-3-11-25(12-13)20-24-16-5-1-2-6-17(16)28-20/h1-2,5-10,13,19H,3-4,11-12H2,(H,23,26)/t13-/m1/s1. The quantitative estimate of drug-likeness (QED) is 0.668. The lowest BCUT2D eigenvalue weighted by molar-refractivity contribution is -0.120. The highest BCUT2D eigenvalue weighted by Crippen LogP contribution is 2.31. The Morgan fingerprint density at radius 3 is 2.75 bits per heavy atom. The van der Waals surface area contributed by atoms with E-state index >= 15 is 0 Å². The van der Waals surface area contributed by atoms with E-state index in [0.717, 1.165) is 34.7 Å². The highest BCUT2D eigenvalue weighted by Gasteiger charge is 2.27. The van der Waals surface area contributed by atoms with Gasteiger partial charge in [0.2, 0.25) is 5.91 Å². The zero-order chi connectivity index (χ0) is 19.5. The second-order valence-corrected chi connectivity index (χ2v) is 7.65. The lowest BCUT2D eigenvalue weighted by Crippen LogP contribution is -2.40. The van der Waals surface area contributed by atoms with Gasteiger partial charge in [0.25, 0.3) is 0 Å². The first-order valence-corrected chi connectivity index (χ1v) is 9.86. The molecule has 4 rings (SSSR count). The summed E-state index contributed by atoms with van der Waals surface area (Å²) in [4.78, 5) is 19.5. The molecule has 1 aromatic heterocycles. The number of amides is 1. The van der Waals surface area contributed by atoms with Gasteiger partial charge in [-0.3, -0.25) is 4.79 Å². The molecule has 0 spiro atoms. The SMILES string of the molecule is O=C(Nc1ccc(OC(F)F)cc1)[C@@H]1CCCN(c2nc3ccccc3s2)C1. The first kappa shape index (κ1) is 18.6. The maximum Gasteiger partial charge on any atom is 0.387 e. The number of halogens is 2. The Balaban J connectivity index is 1.40. The molecule has 1 amide bonds. The maximum absolute atomic E-state index is 12.7. The Bertz CT molecular complexity index is 928. The van der Waals surface area contributed by atoms with Crippen LogP contribution in [0.1, 0.15) is 12.8 Å². The summed E-state index contributed by atoms with van der Waals surface area (Å²) >= 11 is 1.64. The average molecular weight is 403 g/mol. The van der Waals surface area contributed by atoms with Gasteiger partial charge in [0.05, 0.1) is 16.1 Å². The van der Waals surface area contributed by atoms with Crippen molar-refractivity contribution in [1.29, 1.82) is 0 Å². The topological polar surface area (TPSA) is 54.5 Å². The zero-order valence-electron chi connectivity index (χ0n) is 15.0. The van der Waals surface area contributed by atoms with E-state index in [2.05, 4.69) is 19.9 Å². The van der Waals surface area contributed by atoms with Crippen LogP contribution in [-0.2, 0) is 4.79 Å². The summed E-state index contributed by atoms with van der Waals surface area (Å²) in [5.41, 5.74) is 1.53. The van der Waals surface area contributed by atoms with Crippen molar-refractivity contribution in [2.45, 2.75) is 19.5 Å². The van der Waals surface area contributed by atoms with Crippen molar-refractivity contribution in [1.82, 2.24) is 4.98 Å². The summed E-state index contributed by atoms with van der Waals surface area (Å²) in [7, 11) is 0. The Morgan fingerprint density at radius 2 is 2.00 bits per heavy atom. The number of rotatable bonds is 5. The van der Waals surface area contributed by atoms with Crippen molar-refractivity contribution in [3.8, 4) is 5.75 Å². The minimum Gasteiger partial charge on any atom is -0.435 e. The van der Waals surface area contributed by atoms with Gasteiger partial charge in [-0.25, -0.2) is 4.98 Å². The van der Waals surface area contributed by atoms with Crippen LogP contribution in [-0.4, -0.2) is 30.6 Å². The second kappa shape index (κ2) is 8.10. The number of nitrogens with zero attached hydrogens (tertiary/aromatic N) is 2. The minimum atomic E-state index is -2.86. The molecule has 1 saturated heterocycles. The number of benzene rings is 2. The number of piperidine rings is 1. The van der Waals surface area contributed by atoms with Gasteiger partial charge in [0, 0.05) is 18.8 Å². The number of para-hydroxylation sites is 1. The molecule has 1 fully saturated rings. The molecular weight excluding hydrogens is 384 g/mol. The molecule has 5 nitrogen and oxygen atoms in total. The molecule has 28 heavy (non-hydrogen) atoms. The normalized spacial score (nSPS) is 17.1. The van der Waals surface area contributed by atoms with Gasteiger partial charge in [-0.2, -0.15) is 8.78 Å². The lowest BCUT2D eigenvalue weighted by Gasteiger charge is -2.31. The maximum atomic E-state index is 12.7. The number of hydrogen-bond acceptors (Lipinski definition) is 5. The van der Waals surface area contributed by atoms with E-state index < -0.39 is 6.61 Å². The second-order valence-electron chi connectivity index (χ2n) is 6.64. The molecule has 2 aromatic carbocycles. The molecule has 0 radical (unpaired) electrons. The number of carbonyl (C=O) groups excluding carboxylic acids is 1. The molecule has 1 atom stereocenters. The van der Waals surface area contributed by atoms with E-state index in [4.69, 9.17) is 0 Å². The minimum absolute atomic E-state index is 0.0627. The summed E-state index contributed by atoms with van der Waals surface area (Å²) < 4.78 is 29.9. The van der Waals surface area contributed by atoms with Gasteiger partial charge >= 0.3 is 6.61 Å². The fourth-order valence-corrected chi connectivity index (χ4v) is 4.32. The summed E-state index contributed by atoms with van der Waals surface area (Å²) in [6.45, 7) is -1.38. The number of nitrogens with one attached hydrogen (secondary N) is 1. The predicted octanol–water partition coefficient (Wildman–Crippen LogP) is 4.75. The Kier molecular flexibility index (Phi) is 5.38. The first-order valence-electron chi connectivity index (χ1n) is 9.05. The number of thiazole rings is 1. The number of anilines is 2. The van der Waals surface area contributed by atoms with Crippen LogP contribution in [0.2, 0.25) is 0 Å². The van der Waals surface area contributed by atoms with Crippen molar-refractivity contribution >= 4 is 38.3 Å². The summed E-state index contributed by atoms with van der Waals surface area (Å²) in [6, 6.07) is 13.9. The first-order chi connectivity index (χ1) is 13.6. The molecule has 1 N–H and O–H groups in total. The lowest BCUT2D eigenvalue weighted by atomic mass is 9.97. The molecule has 3 aromatic rings. The highest BCUT2D eigenvalue weighted by atomic mass is 32.1. The van der Waals surface area contributed by atoms with Crippen LogP contribution >= 0.6 is 11.3 Å². The summed E-state index contributed by atoms with van der Waals surface area (Å²) in [5, 5.41) is 3.80. The van der Waals surface area contributed by atoms with Gasteiger partial charge < -0.3 is 15.0 Å². The van der Waals surface area contributed by atoms with Gasteiger partial charge in [-0.1, -0.05) is 23.5 Å². The molecule has 0 saturated carbocycles. The third-order valence-electron chi connectivity index (χ3n) is 4.69. The van der Waals surface area contributed by atoms with Gasteiger partial charge in [-0.15, -0.1) is 0 Å². The van der Waals surface area contributed by atoms with E-state index in [0.29, 0.717) is 12.2 Å². The monoisotopic (exact) mass is 403 g/mol. The molecule has 0 unspecified atom stereocenters. The zero-order valence-corrected chi connectivity index (χ0v) is 15.8. The van der Waals surface area contributed by atoms with E-state index in [-0.39, 0.29) is 17.6 Å². The van der Waals surface area contributed by atoms with E-state index in [9.17, 15) is 13.6 Å². The highest BCUT2D eigenvalue weighted by molar-refractivity contribution is 7.22. The van der Waals surface area contributed by atoms with Crippen LogP contribution < -0.4 is 15.0 Å². The van der Waals surface area contributed by atoms with Crippen LogP contribution in [0.25, 0.3) is 10.2 Å². The number of ether oxygens (including phenoxy) is 1. The summed E-state index contributed by atoms with van der Waals surface area (Å²) in [6.07, 6.45) is 1.72. The number of carbonyl (C=O) groups is 1. The van der Waals surface area contributed by atoms with Crippen LogP contribution in [0.15, 0.2) is 48.5 Å².